The number of ketones is 1. The fourth-order valence-corrected chi connectivity index (χ4v) is 4.83. The van der Waals surface area contributed by atoms with Crippen LogP contribution in [0.2, 0.25) is 0 Å². The number of carboxylic acids is 2. The summed E-state index contributed by atoms with van der Waals surface area (Å²) in [6.07, 6.45) is 12.1. The van der Waals surface area contributed by atoms with E-state index in [1.807, 2.05) is 0 Å². The van der Waals surface area contributed by atoms with Gasteiger partial charge >= 0.3 is 11.9 Å². The first kappa shape index (κ1) is 39.3. The number of rotatable bonds is 25. The molecule has 3 atom stereocenters. The minimum absolute atomic E-state index is 0.122. The number of hydrogen-bond acceptors (Lipinski definition) is 6. The van der Waals surface area contributed by atoms with Gasteiger partial charge in [-0.3, -0.25) is 14.0 Å². The molecule has 0 aromatic heterocycles. The van der Waals surface area contributed by atoms with E-state index < -0.39 is 48.5 Å². The normalized spacial score (nSPS) is 13.7. The Morgan fingerprint density at radius 1 is 0.978 bits per heavy atom. The van der Waals surface area contributed by atoms with E-state index in [-0.39, 0.29) is 18.8 Å². The van der Waals surface area contributed by atoms with Gasteiger partial charge in [0.15, 0.2) is 5.60 Å². The van der Waals surface area contributed by atoms with Crippen molar-refractivity contribution < 1.29 is 43.6 Å². The van der Waals surface area contributed by atoms with E-state index in [2.05, 4.69) is 24.1 Å². The molecule has 1 aromatic carbocycles. The lowest BCUT2D eigenvalue weighted by Gasteiger charge is -2.30. The molecule has 1 rings (SSSR count). The van der Waals surface area contributed by atoms with Gasteiger partial charge in [-0.1, -0.05) is 75.7 Å². The van der Waals surface area contributed by atoms with Crippen molar-refractivity contribution in [1.29, 1.82) is 0 Å². The van der Waals surface area contributed by atoms with Crippen molar-refractivity contribution in [2.75, 3.05) is 13.3 Å². The number of benzene rings is 1. The van der Waals surface area contributed by atoms with Crippen LogP contribution in [0.25, 0.3) is 0 Å². The van der Waals surface area contributed by atoms with Crippen LogP contribution in [-0.2, 0) is 25.6 Å². The quantitative estimate of drug-likeness (QED) is 0.0599. The summed E-state index contributed by atoms with van der Waals surface area (Å²) in [6.45, 7) is 2.84. The fraction of sp³-hybridized carbons (Fsp3) is 0.600. The third kappa shape index (κ3) is 15.7. The number of ether oxygens (including phenoxy) is 1. The molecule has 1 aromatic rings. The van der Waals surface area contributed by atoms with E-state index in [0.717, 1.165) is 32.1 Å². The van der Waals surface area contributed by atoms with E-state index in [1.54, 1.807) is 37.3 Å². The summed E-state index contributed by atoms with van der Waals surface area (Å²) in [4.78, 5) is 49.2. The van der Waals surface area contributed by atoms with Gasteiger partial charge in [0.05, 0.1) is 12.6 Å². The number of unbranched alkanes of at least 4 members (excludes halogenated alkanes) is 8. The van der Waals surface area contributed by atoms with E-state index in [4.69, 9.17) is 4.74 Å². The van der Waals surface area contributed by atoms with Crippen LogP contribution in [-0.4, -0.2) is 63.9 Å². The number of aliphatic carboxylic acids is 2. The number of halogens is 1. The van der Waals surface area contributed by atoms with Crippen LogP contribution in [0.5, 0.6) is 5.75 Å². The number of carboxylic acid groups (broad SMARTS) is 2. The molecule has 0 fully saturated rings. The molecular weight excluding hydrogens is 581 g/mol. The zero-order valence-electron chi connectivity index (χ0n) is 26.7. The van der Waals surface area contributed by atoms with Crippen LogP contribution in [0, 0.1) is 17.8 Å². The van der Waals surface area contributed by atoms with Crippen molar-refractivity contribution in [2.24, 2.45) is 5.92 Å². The summed E-state index contributed by atoms with van der Waals surface area (Å²) >= 11 is 0. The van der Waals surface area contributed by atoms with Gasteiger partial charge < -0.3 is 25.4 Å². The lowest BCUT2D eigenvalue weighted by atomic mass is 9.83. The molecule has 0 aliphatic carbocycles. The fourth-order valence-electron chi connectivity index (χ4n) is 4.83. The lowest BCUT2D eigenvalue weighted by molar-refractivity contribution is -0.168. The number of carbonyl (C=O) groups is 4. The van der Waals surface area contributed by atoms with Gasteiger partial charge in [-0.15, -0.1) is 5.92 Å². The highest BCUT2D eigenvalue weighted by Gasteiger charge is 2.47. The summed E-state index contributed by atoms with van der Waals surface area (Å²) in [5, 5.41) is 32.7. The average molecular weight is 632 g/mol. The Balaban J connectivity index is 2.76. The van der Waals surface area contributed by atoms with Gasteiger partial charge in [-0.25, -0.2) is 9.59 Å². The molecule has 4 N–H and O–H groups in total. The minimum Gasteiger partial charge on any atom is -0.481 e. The highest BCUT2D eigenvalue weighted by atomic mass is 19.1. The molecule has 45 heavy (non-hydrogen) atoms. The summed E-state index contributed by atoms with van der Waals surface area (Å²) in [5.41, 5.74) is -2.20. The predicted octanol–water partition coefficient (Wildman–Crippen LogP) is 5.82. The van der Waals surface area contributed by atoms with E-state index in [0.29, 0.717) is 37.0 Å². The van der Waals surface area contributed by atoms with Gasteiger partial charge in [0, 0.05) is 25.7 Å². The molecule has 9 nitrogen and oxygen atoms in total. The Bertz CT molecular complexity index is 1140. The van der Waals surface area contributed by atoms with Gasteiger partial charge in [-0.2, -0.15) is 0 Å². The number of alkyl halides is 1. The molecule has 0 unspecified atom stereocenters. The monoisotopic (exact) mass is 631 g/mol. The van der Waals surface area contributed by atoms with Crippen molar-refractivity contribution in [3.8, 4) is 17.6 Å². The van der Waals surface area contributed by atoms with Crippen LogP contribution in [0.4, 0.5) is 4.39 Å². The highest BCUT2D eigenvalue weighted by Crippen LogP contribution is 2.26. The van der Waals surface area contributed by atoms with Crippen LogP contribution in [0.15, 0.2) is 36.4 Å². The minimum atomic E-state index is -2.77. The van der Waals surface area contributed by atoms with E-state index in [1.165, 1.54) is 25.3 Å². The Kier molecular flexibility index (Phi) is 19.9. The summed E-state index contributed by atoms with van der Waals surface area (Å²) in [6, 6.07) is 5.10. The van der Waals surface area contributed by atoms with E-state index in [9.17, 15) is 38.9 Å². The Labute approximate surface area is 266 Å². The first-order valence-corrected chi connectivity index (χ1v) is 15.9. The SMILES string of the molecule is CC#CCOc1ccc(C[C@H](NC(=O)[C@@H](C=CCCCCCCC(=O)CCCCCCC)[C@@](O)(CCF)C(=O)O)C(=O)O)cc1. The molecule has 10 heteroatoms. The zero-order chi connectivity index (χ0) is 33.5. The van der Waals surface area contributed by atoms with Crippen LogP contribution in [0.1, 0.15) is 103 Å². The number of carbonyl (C=O) groups excluding carboxylic acids is 2. The second-order valence-electron chi connectivity index (χ2n) is 11.2. The molecule has 0 heterocycles. The van der Waals surface area contributed by atoms with Crippen molar-refractivity contribution in [2.45, 2.75) is 115 Å². The maximum atomic E-state index is 13.3. The van der Waals surface area contributed by atoms with Gasteiger partial charge in [0.25, 0.3) is 0 Å². The molecule has 0 aliphatic heterocycles. The molecule has 1 amide bonds. The molecule has 0 saturated carbocycles. The van der Waals surface area contributed by atoms with Crippen molar-refractivity contribution >= 4 is 23.6 Å². The van der Waals surface area contributed by atoms with Gasteiger partial charge in [0.1, 0.15) is 24.2 Å². The first-order valence-electron chi connectivity index (χ1n) is 15.9. The largest absolute Gasteiger partial charge is 0.481 e. The number of Topliss-reactive ketones (excluding diaryl/α,β-unsaturated/α-hetero) is 1. The van der Waals surface area contributed by atoms with Gasteiger partial charge in [0.2, 0.25) is 5.91 Å². The topological polar surface area (TPSA) is 150 Å². The molecule has 0 radical (unpaired) electrons. The highest BCUT2D eigenvalue weighted by molar-refractivity contribution is 5.92. The van der Waals surface area contributed by atoms with Crippen molar-refractivity contribution in [1.82, 2.24) is 5.32 Å². The Morgan fingerprint density at radius 2 is 1.60 bits per heavy atom. The first-order chi connectivity index (χ1) is 21.6. The molecule has 0 saturated heterocycles. The maximum absolute atomic E-state index is 13.3. The molecule has 250 valence electrons. The van der Waals surface area contributed by atoms with Crippen LogP contribution < -0.4 is 10.1 Å². The van der Waals surface area contributed by atoms with Crippen LogP contribution >= 0.6 is 0 Å². The predicted molar refractivity (Wildman–Crippen MR) is 171 cm³/mol. The lowest BCUT2D eigenvalue weighted by Crippen LogP contribution is -2.54. The van der Waals surface area contributed by atoms with Gasteiger partial charge in [-0.05, 0) is 50.3 Å². The summed E-state index contributed by atoms with van der Waals surface area (Å²) < 4.78 is 18.7. The summed E-state index contributed by atoms with van der Waals surface area (Å²) in [5.74, 6) is 0.380. The molecule has 0 bridgehead atoms. The standard InChI is InChI=1S/C35H50FNO8/c1-3-5-7-10-13-16-28(38)17-14-11-8-9-12-15-18-30(35(44,23-24-36)34(42)43)32(39)37-31(33(40)41)26-27-19-21-29(22-20-27)45-25-6-4-2/h15,18-22,30-31,44H,3,5,7-14,16-17,23-26H2,1-2H3,(H,37,39)(H,40,41)(H,42,43)/t30-,31+,35+/m1/s1. The number of nitrogens with one attached hydrogen (secondary N) is 1. The average Bonchev–Trinajstić information content (AvgIpc) is 3.00. The third-order valence-corrected chi connectivity index (χ3v) is 7.57. The third-order valence-electron chi connectivity index (χ3n) is 7.57. The number of hydrogen-bond donors (Lipinski definition) is 4. The zero-order valence-corrected chi connectivity index (χ0v) is 26.7. The number of aliphatic hydroxyl groups is 1. The van der Waals surface area contributed by atoms with E-state index >= 15 is 0 Å². The molecule has 0 spiro atoms. The Morgan fingerprint density at radius 3 is 2.16 bits per heavy atom. The maximum Gasteiger partial charge on any atom is 0.336 e. The second kappa shape index (κ2) is 22.7. The number of allylic oxidation sites excluding steroid dienone is 1. The molecule has 0 aliphatic rings. The molecular formula is C35H50FNO8. The Hall–Kier alpha value is -3.71. The van der Waals surface area contributed by atoms with Crippen molar-refractivity contribution in [3.63, 3.8) is 0 Å². The smallest absolute Gasteiger partial charge is 0.336 e. The summed E-state index contributed by atoms with van der Waals surface area (Å²) in [7, 11) is 0. The second-order valence-corrected chi connectivity index (χ2v) is 11.2. The number of amides is 1. The van der Waals surface area contributed by atoms with Crippen molar-refractivity contribution in [3.05, 3.63) is 42.0 Å². The van der Waals surface area contributed by atoms with Crippen LogP contribution in [0.3, 0.4) is 0 Å².